The summed E-state index contributed by atoms with van der Waals surface area (Å²) < 4.78 is 0. The first-order chi connectivity index (χ1) is 11.1. The third-order valence-electron chi connectivity index (χ3n) is 4.63. The minimum atomic E-state index is -0.286. The Morgan fingerprint density at radius 3 is 2.22 bits per heavy atom. The topological polar surface area (TPSA) is 58.2 Å². The van der Waals surface area contributed by atoms with Gasteiger partial charge in [0.2, 0.25) is 11.8 Å². The number of carbonyl (C=O) groups excluding carboxylic acids is 2. The van der Waals surface area contributed by atoms with Crippen LogP contribution >= 0.6 is 23.2 Å². The summed E-state index contributed by atoms with van der Waals surface area (Å²) >= 11 is 12.1. The number of para-hydroxylation sites is 1. The molecule has 0 aromatic heterocycles. The van der Waals surface area contributed by atoms with Crippen molar-refractivity contribution < 1.29 is 9.59 Å². The van der Waals surface area contributed by atoms with Crippen LogP contribution in [0.15, 0.2) is 18.2 Å². The monoisotopic (exact) mass is 354 g/mol. The normalized spacial score (nSPS) is 24.1. The molecule has 2 aliphatic rings. The van der Waals surface area contributed by atoms with Gasteiger partial charge in [0, 0.05) is 6.04 Å². The van der Waals surface area contributed by atoms with Gasteiger partial charge >= 0.3 is 0 Å². The van der Waals surface area contributed by atoms with Crippen LogP contribution in [-0.4, -0.2) is 17.9 Å². The van der Waals surface area contributed by atoms with Gasteiger partial charge in [-0.1, -0.05) is 48.5 Å². The quantitative estimate of drug-likeness (QED) is 0.857. The zero-order valence-electron chi connectivity index (χ0n) is 12.8. The molecule has 2 atom stereocenters. The molecule has 2 N–H and O–H groups in total. The Morgan fingerprint density at radius 2 is 1.57 bits per heavy atom. The van der Waals surface area contributed by atoms with Crippen molar-refractivity contribution in [2.75, 3.05) is 5.32 Å². The van der Waals surface area contributed by atoms with Crippen molar-refractivity contribution in [2.45, 2.75) is 44.6 Å². The highest BCUT2D eigenvalue weighted by molar-refractivity contribution is 6.39. The molecule has 2 fully saturated rings. The number of carbonyl (C=O) groups is 2. The molecule has 2 aliphatic carbocycles. The molecule has 0 aliphatic heterocycles. The number of anilines is 1. The second-order valence-electron chi connectivity index (χ2n) is 6.38. The lowest BCUT2D eigenvalue weighted by atomic mass is 9.95. The Bertz CT molecular complexity index is 594. The van der Waals surface area contributed by atoms with Crippen molar-refractivity contribution in [3.8, 4) is 0 Å². The van der Waals surface area contributed by atoms with Crippen LogP contribution in [-0.2, 0) is 9.59 Å². The summed E-state index contributed by atoms with van der Waals surface area (Å²) in [7, 11) is 0. The third kappa shape index (κ3) is 3.99. The Morgan fingerprint density at radius 1 is 0.957 bits per heavy atom. The Balaban J connectivity index is 1.53. The number of rotatable bonds is 4. The molecular weight excluding hydrogens is 335 g/mol. The fourth-order valence-electron chi connectivity index (χ4n) is 3.16. The summed E-state index contributed by atoms with van der Waals surface area (Å²) in [6.45, 7) is 0. The zero-order chi connectivity index (χ0) is 16.4. The summed E-state index contributed by atoms with van der Waals surface area (Å²) in [6.07, 6.45) is 6.27. The molecule has 0 bridgehead atoms. The number of hydrogen-bond acceptors (Lipinski definition) is 2. The number of nitrogens with one attached hydrogen (secondary N) is 2. The van der Waals surface area contributed by atoms with Crippen LogP contribution in [0.25, 0.3) is 0 Å². The molecule has 0 radical (unpaired) electrons. The lowest BCUT2D eigenvalue weighted by molar-refractivity contribution is -0.126. The van der Waals surface area contributed by atoms with Crippen LogP contribution in [0.2, 0.25) is 10.0 Å². The molecule has 2 unspecified atom stereocenters. The number of benzene rings is 1. The zero-order valence-corrected chi connectivity index (χ0v) is 14.3. The number of hydrogen-bond donors (Lipinski definition) is 2. The van der Waals surface area contributed by atoms with Crippen LogP contribution in [0.3, 0.4) is 0 Å². The van der Waals surface area contributed by atoms with E-state index < -0.39 is 0 Å². The fraction of sp³-hybridized carbons (Fsp3) is 0.529. The molecule has 6 heteroatoms. The van der Waals surface area contributed by atoms with Crippen LogP contribution in [0.1, 0.15) is 38.5 Å². The molecule has 1 aromatic carbocycles. The molecule has 2 saturated carbocycles. The maximum absolute atomic E-state index is 12.3. The summed E-state index contributed by atoms with van der Waals surface area (Å²) in [5.41, 5.74) is 0.416. The smallest absolute Gasteiger partial charge is 0.228 e. The molecule has 0 saturated heterocycles. The van der Waals surface area contributed by atoms with Gasteiger partial charge in [-0.25, -0.2) is 0 Å². The van der Waals surface area contributed by atoms with Gasteiger partial charge < -0.3 is 10.6 Å². The molecule has 23 heavy (non-hydrogen) atoms. The molecule has 4 nitrogen and oxygen atoms in total. The van der Waals surface area contributed by atoms with Gasteiger partial charge in [-0.15, -0.1) is 0 Å². The standard InChI is InChI=1S/C17H20Cl2N2O2/c18-13-7-4-8-14(19)15(13)21-17(23)12-9-11(12)16(22)20-10-5-2-1-3-6-10/h4,7-8,10-12H,1-3,5-6,9H2,(H,20,22)(H,21,23). The fourth-order valence-corrected chi connectivity index (χ4v) is 3.65. The predicted molar refractivity (Wildman–Crippen MR) is 91.7 cm³/mol. The largest absolute Gasteiger partial charge is 0.353 e. The van der Waals surface area contributed by atoms with Crippen molar-refractivity contribution in [3.63, 3.8) is 0 Å². The second kappa shape index (κ2) is 7.10. The highest BCUT2D eigenvalue weighted by atomic mass is 35.5. The number of halogens is 2. The lowest BCUT2D eigenvalue weighted by Gasteiger charge is -2.22. The lowest BCUT2D eigenvalue weighted by Crippen LogP contribution is -2.37. The van der Waals surface area contributed by atoms with Gasteiger partial charge in [0.05, 0.1) is 27.6 Å². The predicted octanol–water partition coefficient (Wildman–Crippen LogP) is 4.02. The van der Waals surface area contributed by atoms with Gasteiger partial charge in [-0.05, 0) is 31.4 Å². The molecule has 1 aromatic rings. The molecule has 0 spiro atoms. The molecule has 124 valence electrons. The highest BCUT2D eigenvalue weighted by Crippen LogP contribution is 2.41. The van der Waals surface area contributed by atoms with Gasteiger partial charge in [0.25, 0.3) is 0 Å². The van der Waals surface area contributed by atoms with E-state index in [1.807, 2.05) is 0 Å². The van der Waals surface area contributed by atoms with E-state index in [-0.39, 0.29) is 29.7 Å². The first-order valence-electron chi connectivity index (χ1n) is 8.11. The minimum absolute atomic E-state index is 0.00213. The van der Waals surface area contributed by atoms with Crippen LogP contribution < -0.4 is 10.6 Å². The van der Waals surface area contributed by atoms with E-state index in [0.717, 1.165) is 12.8 Å². The van der Waals surface area contributed by atoms with E-state index in [1.54, 1.807) is 18.2 Å². The van der Waals surface area contributed by atoms with Crippen LogP contribution in [0.4, 0.5) is 5.69 Å². The van der Waals surface area contributed by atoms with E-state index in [9.17, 15) is 9.59 Å². The Hall–Kier alpha value is -1.26. The van der Waals surface area contributed by atoms with Crippen molar-refractivity contribution in [3.05, 3.63) is 28.2 Å². The second-order valence-corrected chi connectivity index (χ2v) is 7.19. The van der Waals surface area contributed by atoms with Crippen molar-refractivity contribution >= 4 is 40.7 Å². The van der Waals surface area contributed by atoms with Crippen LogP contribution in [0.5, 0.6) is 0 Å². The summed E-state index contributed by atoms with van der Waals surface area (Å²) in [5, 5.41) is 6.62. The molecule has 3 rings (SSSR count). The average molecular weight is 355 g/mol. The summed E-state index contributed by atoms with van der Waals surface area (Å²) in [6, 6.07) is 5.34. The van der Waals surface area contributed by atoms with E-state index in [0.29, 0.717) is 22.2 Å². The minimum Gasteiger partial charge on any atom is -0.353 e. The Kier molecular flexibility index (Phi) is 5.12. The van der Waals surface area contributed by atoms with Gasteiger partial charge in [-0.3, -0.25) is 9.59 Å². The van der Waals surface area contributed by atoms with Crippen molar-refractivity contribution in [1.82, 2.24) is 5.32 Å². The van der Waals surface area contributed by atoms with E-state index in [4.69, 9.17) is 23.2 Å². The van der Waals surface area contributed by atoms with E-state index in [1.165, 1.54) is 19.3 Å². The van der Waals surface area contributed by atoms with E-state index in [2.05, 4.69) is 10.6 Å². The van der Waals surface area contributed by atoms with Gasteiger partial charge in [-0.2, -0.15) is 0 Å². The molecule has 0 heterocycles. The van der Waals surface area contributed by atoms with Crippen molar-refractivity contribution in [2.24, 2.45) is 11.8 Å². The summed E-state index contributed by atoms with van der Waals surface area (Å²) in [5.74, 6) is -0.699. The first-order valence-corrected chi connectivity index (χ1v) is 8.87. The molecular formula is C17H20Cl2N2O2. The maximum atomic E-state index is 12.3. The van der Waals surface area contributed by atoms with Crippen LogP contribution in [0, 0.1) is 11.8 Å². The average Bonchev–Trinajstić information content (AvgIpc) is 3.33. The number of amides is 2. The SMILES string of the molecule is O=C(Nc1c(Cl)cccc1Cl)C1CC1C(=O)NC1CCCCC1. The van der Waals surface area contributed by atoms with Gasteiger partial charge in [0.1, 0.15) is 0 Å². The highest BCUT2D eigenvalue weighted by Gasteiger charge is 2.48. The van der Waals surface area contributed by atoms with E-state index >= 15 is 0 Å². The van der Waals surface area contributed by atoms with Crippen molar-refractivity contribution in [1.29, 1.82) is 0 Å². The van der Waals surface area contributed by atoms with Gasteiger partial charge in [0.15, 0.2) is 0 Å². The summed E-state index contributed by atoms with van der Waals surface area (Å²) in [4.78, 5) is 24.5. The maximum Gasteiger partial charge on any atom is 0.228 e. The third-order valence-corrected chi connectivity index (χ3v) is 5.26. The Labute approximate surface area is 145 Å². The molecule has 2 amide bonds. The first kappa shape index (κ1) is 16.6.